The van der Waals surface area contributed by atoms with Crippen LogP contribution in [-0.4, -0.2) is 90.1 Å². The summed E-state index contributed by atoms with van der Waals surface area (Å²) in [5.74, 6) is -0.616. The molecule has 0 aromatic carbocycles. The van der Waals surface area contributed by atoms with Gasteiger partial charge in [0.2, 0.25) is 17.6 Å². The lowest BCUT2D eigenvalue weighted by Gasteiger charge is -2.38. The fraction of sp³-hybridized carbons (Fsp3) is 0.743. The van der Waals surface area contributed by atoms with Gasteiger partial charge in [-0.25, -0.2) is 13.2 Å². The van der Waals surface area contributed by atoms with Crippen molar-refractivity contribution < 1.29 is 32.4 Å². The highest BCUT2D eigenvalue weighted by atomic mass is 32.2. The van der Waals surface area contributed by atoms with Crippen molar-refractivity contribution >= 4 is 39.4 Å². The molecule has 1 heterocycles. The van der Waals surface area contributed by atoms with E-state index in [-0.39, 0.29) is 37.8 Å². The Labute approximate surface area is 287 Å². The number of urea groups is 1. The summed E-state index contributed by atoms with van der Waals surface area (Å²) in [6.45, 7) is 18.1. The monoisotopic (exact) mass is 691 g/mol. The molecule has 12 nitrogen and oxygen atoms in total. The maximum Gasteiger partial charge on any atom is 0.315 e. The Morgan fingerprint density at radius 3 is 2.17 bits per heavy atom. The molecule has 0 aromatic rings. The second kappa shape index (κ2) is 16.8. The molecular formula is C35H57N5O7S. The van der Waals surface area contributed by atoms with Crippen LogP contribution in [0.4, 0.5) is 4.79 Å². The lowest BCUT2D eigenvalue weighted by molar-refractivity contribution is -0.144. The lowest BCUT2D eigenvalue weighted by atomic mass is 9.84. The third-order valence-electron chi connectivity index (χ3n) is 9.35. The zero-order valence-corrected chi connectivity index (χ0v) is 30.8. The van der Waals surface area contributed by atoms with Crippen molar-refractivity contribution in [3.63, 3.8) is 0 Å². The second-order valence-corrected chi connectivity index (χ2v) is 18.3. The fourth-order valence-corrected chi connectivity index (χ4v) is 8.53. The van der Waals surface area contributed by atoms with Crippen LogP contribution in [0.3, 0.4) is 0 Å². The first-order chi connectivity index (χ1) is 22.2. The summed E-state index contributed by atoms with van der Waals surface area (Å²) in [5.41, 5.74) is -0.788. The number of carbonyl (C=O) groups excluding carboxylic acids is 5. The molecule has 1 saturated carbocycles. The highest BCUT2D eigenvalue weighted by molar-refractivity contribution is 7.93. The van der Waals surface area contributed by atoms with Gasteiger partial charge in [0.1, 0.15) is 12.1 Å². The number of sulfone groups is 1. The minimum Gasteiger partial charge on any atom is -0.346 e. The smallest absolute Gasteiger partial charge is 0.315 e. The summed E-state index contributed by atoms with van der Waals surface area (Å²) in [4.78, 5) is 68.7. The van der Waals surface area contributed by atoms with Crippen molar-refractivity contribution in [3.05, 3.63) is 12.7 Å². The van der Waals surface area contributed by atoms with E-state index in [0.29, 0.717) is 19.3 Å². The van der Waals surface area contributed by atoms with E-state index in [1.54, 1.807) is 41.5 Å². The number of ketones is 1. The van der Waals surface area contributed by atoms with Crippen LogP contribution in [0, 0.1) is 29.6 Å². The molecule has 1 aliphatic carbocycles. The average Bonchev–Trinajstić information content (AvgIpc) is 3.45. The van der Waals surface area contributed by atoms with E-state index in [9.17, 15) is 32.4 Å². The standard InChI is InChI=1S/C35H57N5O7S/c1-11-13-16-25(28(41)31(43)36-20-12-2)37-30(42)27-23(22(3)4)19-21-40(27)32(44)29(34(5,6)7)39-33(45)38-24-17-14-15-18-26(24)48(46,47)35(8,9)10/h1,12,22-27,29H,2,13-21H2,3-10H3,(H,36,43)(H,37,42)(H2,38,39,45)/t23?,24-,25?,26+,27-,29+/m0/s1. The van der Waals surface area contributed by atoms with Crippen molar-refractivity contribution in [1.29, 1.82) is 0 Å². The van der Waals surface area contributed by atoms with Crippen molar-refractivity contribution in [2.24, 2.45) is 17.3 Å². The van der Waals surface area contributed by atoms with Gasteiger partial charge in [-0.05, 0) is 63.7 Å². The lowest BCUT2D eigenvalue weighted by Crippen LogP contribution is -2.62. The van der Waals surface area contributed by atoms with Crippen LogP contribution in [0.5, 0.6) is 0 Å². The molecular weight excluding hydrogens is 634 g/mol. The molecule has 0 radical (unpaired) electrons. The van der Waals surface area contributed by atoms with Gasteiger partial charge in [0.15, 0.2) is 9.84 Å². The highest BCUT2D eigenvalue weighted by Gasteiger charge is 2.48. The number of hydrogen-bond donors (Lipinski definition) is 4. The van der Waals surface area contributed by atoms with Crippen molar-refractivity contribution in [2.75, 3.05) is 13.1 Å². The van der Waals surface area contributed by atoms with Gasteiger partial charge in [-0.15, -0.1) is 18.9 Å². The Balaban J connectivity index is 2.35. The molecule has 270 valence electrons. The molecule has 2 unspecified atom stereocenters. The van der Waals surface area contributed by atoms with E-state index in [4.69, 9.17) is 6.42 Å². The van der Waals surface area contributed by atoms with Gasteiger partial charge in [0, 0.05) is 25.6 Å². The van der Waals surface area contributed by atoms with Gasteiger partial charge >= 0.3 is 6.03 Å². The van der Waals surface area contributed by atoms with E-state index in [1.807, 2.05) is 13.8 Å². The maximum atomic E-state index is 14.3. The SMILES string of the molecule is C#CCCC(NC(=O)[C@@H]1C(C(C)C)CCN1C(=O)[C@@H](NC(=O)N[C@H]1CCCC[C@H]1S(=O)(=O)C(C)(C)C)C(C)(C)C)C(=O)C(=O)NCC=C. The summed E-state index contributed by atoms with van der Waals surface area (Å²) in [7, 11) is -3.57. The number of amides is 5. The number of terminal acetylenes is 1. The van der Waals surface area contributed by atoms with E-state index >= 15 is 0 Å². The first-order valence-corrected chi connectivity index (χ1v) is 18.5. The minimum absolute atomic E-state index is 0.00774. The molecule has 4 N–H and O–H groups in total. The van der Waals surface area contributed by atoms with E-state index in [0.717, 1.165) is 12.8 Å². The summed E-state index contributed by atoms with van der Waals surface area (Å²) >= 11 is 0. The highest BCUT2D eigenvalue weighted by Crippen LogP contribution is 2.34. The van der Waals surface area contributed by atoms with Gasteiger partial charge in [-0.1, -0.05) is 53.5 Å². The predicted molar refractivity (Wildman–Crippen MR) is 186 cm³/mol. The van der Waals surface area contributed by atoms with Gasteiger partial charge in [0.25, 0.3) is 5.91 Å². The predicted octanol–water partition coefficient (Wildman–Crippen LogP) is 2.87. The zero-order chi connectivity index (χ0) is 36.6. The summed E-state index contributed by atoms with van der Waals surface area (Å²) < 4.78 is 25.8. The molecule has 1 saturated heterocycles. The number of hydrogen-bond acceptors (Lipinski definition) is 7. The van der Waals surface area contributed by atoms with Crippen molar-refractivity contribution in [2.45, 2.75) is 134 Å². The third-order valence-corrected chi connectivity index (χ3v) is 12.4. The minimum atomic E-state index is -3.57. The van der Waals surface area contributed by atoms with Gasteiger partial charge in [-0.3, -0.25) is 19.2 Å². The van der Waals surface area contributed by atoms with Crippen molar-refractivity contribution in [1.82, 2.24) is 26.2 Å². The average molecular weight is 692 g/mol. The zero-order valence-electron chi connectivity index (χ0n) is 30.0. The van der Waals surface area contributed by atoms with Crippen LogP contribution >= 0.6 is 0 Å². The molecule has 2 rings (SSSR count). The Morgan fingerprint density at radius 2 is 1.62 bits per heavy atom. The van der Waals surface area contributed by atoms with Crippen LogP contribution in [0.25, 0.3) is 0 Å². The molecule has 2 fully saturated rings. The van der Waals surface area contributed by atoms with Crippen LogP contribution in [0.15, 0.2) is 12.7 Å². The molecule has 2 aliphatic rings. The van der Waals surface area contributed by atoms with Gasteiger partial charge < -0.3 is 26.2 Å². The van der Waals surface area contributed by atoms with E-state index in [2.05, 4.69) is 33.8 Å². The van der Waals surface area contributed by atoms with Crippen molar-refractivity contribution in [3.8, 4) is 12.3 Å². The molecule has 6 atom stereocenters. The Bertz CT molecular complexity index is 1360. The number of nitrogens with one attached hydrogen (secondary N) is 4. The van der Waals surface area contributed by atoms with Gasteiger partial charge in [-0.2, -0.15) is 0 Å². The molecule has 0 bridgehead atoms. The maximum absolute atomic E-state index is 14.3. The molecule has 48 heavy (non-hydrogen) atoms. The first kappa shape index (κ1) is 40.8. The Kier molecular flexibility index (Phi) is 14.3. The molecule has 13 heteroatoms. The third kappa shape index (κ3) is 10.1. The molecule has 1 aliphatic heterocycles. The molecule has 5 amide bonds. The largest absolute Gasteiger partial charge is 0.346 e. The second-order valence-electron chi connectivity index (χ2n) is 15.3. The number of rotatable bonds is 13. The summed E-state index contributed by atoms with van der Waals surface area (Å²) in [6.07, 6.45) is 9.98. The molecule has 0 spiro atoms. The fourth-order valence-electron chi connectivity index (χ4n) is 6.50. The number of nitrogens with zero attached hydrogens (tertiary/aromatic N) is 1. The van der Waals surface area contributed by atoms with E-state index in [1.165, 1.54) is 11.0 Å². The van der Waals surface area contributed by atoms with Crippen LogP contribution in [0.1, 0.15) is 100 Å². The normalized spacial score (nSPS) is 23.0. The Morgan fingerprint density at radius 1 is 1.00 bits per heavy atom. The van der Waals surface area contributed by atoms with Crippen LogP contribution in [0.2, 0.25) is 0 Å². The molecule has 0 aromatic heterocycles. The topological polar surface area (TPSA) is 171 Å². The summed E-state index contributed by atoms with van der Waals surface area (Å²) in [5, 5.41) is 10.1. The van der Waals surface area contributed by atoms with E-state index < -0.39 is 79.0 Å². The number of likely N-dealkylation sites (tertiary alicyclic amines) is 1. The van der Waals surface area contributed by atoms with Crippen LogP contribution < -0.4 is 21.3 Å². The number of carbonyl (C=O) groups is 5. The van der Waals surface area contributed by atoms with Gasteiger partial charge in [0.05, 0.1) is 16.0 Å². The summed E-state index contributed by atoms with van der Waals surface area (Å²) in [6, 6.07) is -4.50. The Hall–Kier alpha value is -3.40. The van der Waals surface area contributed by atoms with Crippen LogP contribution in [-0.2, 0) is 29.0 Å². The quantitative estimate of drug-likeness (QED) is 0.131. The first-order valence-electron chi connectivity index (χ1n) is 17.0. The number of Topliss-reactive ketones (excluding diaryl/α,β-unsaturated/α-hetero) is 1.